The third-order valence-corrected chi connectivity index (χ3v) is 6.06. The molecule has 1 amide bonds. The Morgan fingerprint density at radius 2 is 1.57 bits per heavy atom. The maximum absolute atomic E-state index is 12.4. The molecule has 2 aromatic rings. The van der Waals surface area contributed by atoms with Crippen molar-refractivity contribution in [2.24, 2.45) is 5.73 Å². The van der Waals surface area contributed by atoms with E-state index in [4.69, 9.17) is 10.5 Å². The number of carbonyl (C=O) groups excluding carboxylic acids is 2. The standard InChI is InChI=1S/C20H22N2O5S/c1-3-22(4-2)28(25,26)18-12-5-15(6-13-18)7-14-19(23)27-17-10-8-16(9-11-17)20(21)24/h5-14H,3-4H2,1-2H3,(H2,21,24)/b14-7+. The molecule has 0 saturated heterocycles. The van der Waals surface area contributed by atoms with Gasteiger partial charge in [0.1, 0.15) is 5.75 Å². The lowest BCUT2D eigenvalue weighted by Gasteiger charge is -2.18. The molecule has 0 aliphatic carbocycles. The number of hydrogen-bond acceptors (Lipinski definition) is 5. The fraction of sp³-hybridized carbons (Fsp3) is 0.200. The summed E-state index contributed by atoms with van der Waals surface area (Å²) in [5.41, 5.74) is 6.12. The molecule has 8 heteroatoms. The normalized spacial score (nSPS) is 11.7. The quantitative estimate of drug-likeness (QED) is 0.415. The molecule has 28 heavy (non-hydrogen) atoms. The van der Waals surface area contributed by atoms with Gasteiger partial charge in [0.25, 0.3) is 0 Å². The minimum Gasteiger partial charge on any atom is -0.423 e. The third kappa shape index (κ3) is 5.28. The van der Waals surface area contributed by atoms with Crippen LogP contribution in [-0.2, 0) is 14.8 Å². The SMILES string of the molecule is CCN(CC)S(=O)(=O)c1ccc(/C=C/C(=O)Oc2ccc(C(N)=O)cc2)cc1. The number of nitrogens with zero attached hydrogens (tertiary/aromatic N) is 1. The minimum absolute atomic E-state index is 0.200. The average molecular weight is 402 g/mol. The number of carbonyl (C=O) groups is 2. The molecule has 7 nitrogen and oxygen atoms in total. The Bertz CT molecular complexity index is 961. The van der Waals surface area contributed by atoms with E-state index < -0.39 is 21.9 Å². The Balaban J connectivity index is 2.04. The van der Waals surface area contributed by atoms with E-state index in [1.54, 1.807) is 26.0 Å². The summed E-state index contributed by atoms with van der Waals surface area (Å²) in [5.74, 6) is -0.892. The van der Waals surface area contributed by atoms with Crippen LogP contribution >= 0.6 is 0 Å². The molecular weight excluding hydrogens is 380 g/mol. The van der Waals surface area contributed by atoms with Crippen LogP contribution in [0.3, 0.4) is 0 Å². The molecule has 2 rings (SSSR count). The van der Waals surface area contributed by atoms with Crippen molar-refractivity contribution < 1.29 is 22.7 Å². The molecule has 0 aliphatic heterocycles. The predicted octanol–water partition coefficient (Wildman–Crippen LogP) is 2.43. The molecule has 0 radical (unpaired) electrons. The van der Waals surface area contributed by atoms with Crippen molar-refractivity contribution >= 4 is 28.0 Å². The number of amides is 1. The smallest absolute Gasteiger partial charge is 0.336 e. The van der Waals surface area contributed by atoms with Crippen LogP contribution in [0.1, 0.15) is 29.8 Å². The van der Waals surface area contributed by atoms with Crippen molar-refractivity contribution in [1.82, 2.24) is 4.31 Å². The number of ether oxygens (including phenoxy) is 1. The highest BCUT2D eigenvalue weighted by atomic mass is 32.2. The Morgan fingerprint density at radius 1 is 1.00 bits per heavy atom. The van der Waals surface area contributed by atoms with Crippen molar-refractivity contribution in [2.45, 2.75) is 18.7 Å². The van der Waals surface area contributed by atoms with Crippen LogP contribution in [0, 0.1) is 0 Å². The maximum Gasteiger partial charge on any atom is 0.336 e. The van der Waals surface area contributed by atoms with Gasteiger partial charge in [0.05, 0.1) is 4.90 Å². The van der Waals surface area contributed by atoms with Gasteiger partial charge in [0.15, 0.2) is 0 Å². The molecule has 0 aliphatic rings. The van der Waals surface area contributed by atoms with Crippen LogP contribution < -0.4 is 10.5 Å². The maximum atomic E-state index is 12.4. The van der Waals surface area contributed by atoms with Gasteiger partial charge in [-0.3, -0.25) is 4.79 Å². The van der Waals surface area contributed by atoms with Gasteiger partial charge in [0.2, 0.25) is 15.9 Å². The van der Waals surface area contributed by atoms with Crippen LogP contribution in [0.25, 0.3) is 6.08 Å². The number of benzene rings is 2. The number of hydrogen-bond donors (Lipinski definition) is 1. The van der Waals surface area contributed by atoms with E-state index in [0.717, 1.165) is 0 Å². The number of esters is 1. The summed E-state index contributed by atoms with van der Waals surface area (Å²) in [6.07, 6.45) is 2.75. The lowest BCUT2D eigenvalue weighted by atomic mass is 10.2. The second-order valence-electron chi connectivity index (χ2n) is 5.80. The predicted molar refractivity (Wildman–Crippen MR) is 106 cm³/mol. The van der Waals surface area contributed by atoms with E-state index in [2.05, 4.69) is 0 Å². The van der Waals surface area contributed by atoms with Crippen molar-refractivity contribution in [3.8, 4) is 5.75 Å². The summed E-state index contributed by atoms with van der Waals surface area (Å²) in [4.78, 5) is 23.1. The summed E-state index contributed by atoms with van der Waals surface area (Å²) in [6.45, 7) is 4.36. The number of primary amides is 1. The molecule has 0 spiro atoms. The first-order valence-electron chi connectivity index (χ1n) is 8.68. The summed E-state index contributed by atoms with van der Waals surface area (Å²) >= 11 is 0. The van der Waals surface area contributed by atoms with E-state index >= 15 is 0 Å². The molecule has 0 aromatic heterocycles. The molecule has 0 heterocycles. The van der Waals surface area contributed by atoms with Gasteiger partial charge in [-0.25, -0.2) is 13.2 Å². The lowest BCUT2D eigenvalue weighted by Crippen LogP contribution is -2.30. The zero-order chi connectivity index (χ0) is 20.7. The number of nitrogens with two attached hydrogens (primary N) is 1. The summed E-state index contributed by atoms with van der Waals surface area (Å²) in [5, 5.41) is 0. The van der Waals surface area contributed by atoms with Gasteiger partial charge in [-0.1, -0.05) is 26.0 Å². The second kappa shape index (κ2) is 9.29. The van der Waals surface area contributed by atoms with Crippen molar-refractivity contribution in [2.75, 3.05) is 13.1 Å². The van der Waals surface area contributed by atoms with Crippen LogP contribution in [-0.4, -0.2) is 37.7 Å². The van der Waals surface area contributed by atoms with Gasteiger partial charge in [-0.05, 0) is 48.0 Å². The Kier molecular flexibility index (Phi) is 7.08. The van der Waals surface area contributed by atoms with Crippen molar-refractivity contribution in [1.29, 1.82) is 0 Å². The largest absolute Gasteiger partial charge is 0.423 e. The van der Waals surface area contributed by atoms with Crippen molar-refractivity contribution in [3.63, 3.8) is 0 Å². The van der Waals surface area contributed by atoms with Crippen LogP contribution in [0.15, 0.2) is 59.5 Å². The Labute approximate surface area is 164 Å². The molecule has 2 N–H and O–H groups in total. The molecule has 0 fully saturated rings. The third-order valence-electron chi connectivity index (χ3n) is 3.99. The van der Waals surface area contributed by atoms with E-state index in [9.17, 15) is 18.0 Å². The van der Waals surface area contributed by atoms with E-state index in [-0.39, 0.29) is 10.6 Å². The summed E-state index contributed by atoms with van der Waals surface area (Å²) in [7, 11) is -3.51. The average Bonchev–Trinajstić information content (AvgIpc) is 2.68. The van der Waals surface area contributed by atoms with Crippen LogP contribution in [0.4, 0.5) is 0 Å². The Hall–Kier alpha value is -2.97. The molecule has 0 unspecified atom stereocenters. The minimum atomic E-state index is -3.51. The first kappa shape index (κ1) is 21.3. The molecule has 2 aromatic carbocycles. The monoisotopic (exact) mass is 402 g/mol. The van der Waals surface area contributed by atoms with E-state index in [1.165, 1.54) is 52.9 Å². The topological polar surface area (TPSA) is 107 Å². The van der Waals surface area contributed by atoms with Gasteiger partial charge in [-0.15, -0.1) is 0 Å². The first-order chi connectivity index (χ1) is 13.3. The fourth-order valence-electron chi connectivity index (χ4n) is 2.47. The zero-order valence-electron chi connectivity index (χ0n) is 15.7. The molecule has 0 atom stereocenters. The molecule has 0 saturated carbocycles. The van der Waals surface area contributed by atoms with Gasteiger partial charge >= 0.3 is 5.97 Å². The Morgan fingerprint density at radius 3 is 2.07 bits per heavy atom. The lowest BCUT2D eigenvalue weighted by molar-refractivity contribution is -0.128. The van der Waals surface area contributed by atoms with Gasteiger partial charge < -0.3 is 10.5 Å². The van der Waals surface area contributed by atoms with Crippen LogP contribution in [0.2, 0.25) is 0 Å². The molecular formula is C20H22N2O5S. The number of rotatable bonds is 8. The van der Waals surface area contributed by atoms with Crippen LogP contribution in [0.5, 0.6) is 5.75 Å². The highest BCUT2D eigenvalue weighted by Crippen LogP contribution is 2.17. The highest BCUT2D eigenvalue weighted by molar-refractivity contribution is 7.89. The zero-order valence-corrected chi connectivity index (χ0v) is 16.5. The van der Waals surface area contributed by atoms with Gasteiger partial charge in [-0.2, -0.15) is 4.31 Å². The second-order valence-corrected chi connectivity index (χ2v) is 7.74. The van der Waals surface area contributed by atoms with Crippen molar-refractivity contribution in [3.05, 3.63) is 65.7 Å². The first-order valence-corrected chi connectivity index (χ1v) is 10.1. The number of sulfonamides is 1. The summed E-state index contributed by atoms with van der Waals surface area (Å²) in [6, 6.07) is 12.1. The van der Waals surface area contributed by atoms with E-state index in [0.29, 0.717) is 24.2 Å². The van der Waals surface area contributed by atoms with Gasteiger partial charge in [0, 0.05) is 24.7 Å². The van der Waals surface area contributed by atoms with E-state index in [1.807, 2.05) is 0 Å². The molecule has 148 valence electrons. The molecule has 0 bridgehead atoms. The highest BCUT2D eigenvalue weighted by Gasteiger charge is 2.20. The fourth-order valence-corrected chi connectivity index (χ4v) is 3.92. The summed E-state index contributed by atoms with van der Waals surface area (Å²) < 4.78 is 31.4.